The number of fused-ring (bicyclic) bond motifs is 6. The van der Waals surface area contributed by atoms with Gasteiger partial charge in [0.1, 0.15) is 17.0 Å². The molecule has 0 saturated carbocycles. The summed E-state index contributed by atoms with van der Waals surface area (Å²) in [6.07, 6.45) is -0.295. The summed E-state index contributed by atoms with van der Waals surface area (Å²) < 4.78 is 6.80. The molecule has 2 heterocycles. The Morgan fingerprint density at radius 3 is 1.86 bits per heavy atom. The molecule has 0 bridgehead atoms. The highest BCUT2D eigenvalue weighted by Gasteiger charge is 2.29. The second kappa shape index (κ2) is 11.3. The molecule has 1 aliphatic heterocycles. The van der Waals surface area contributed by atoms with E-state index in [1.165, 1.54) is 26.9 Å². The Morgan fingerprint density at radius 2 is 1.12 bits per heavy atom. The molecule has 0 aliphatic carbocycles. The molecule has 1 unspecified atom stereocenters. The van der Waals surface area contributed by atoms with Crippen molar-refractivity contribution in [2.24, 2.45) is 9.98 Å². The summed E-state index contributed by atoms with van der Waals surface area (Å²) in [7, 11) is 2.10. The number of aliphatic imine (C=N–C) groups is 2. The molecule has 0 saturated heterocycles. The molecule has 0 amide bonds. The van der Waals surface area contributed by atoms with Crippen LogP contribution in [0.3, 0.4) is 0 Å². The van der Waals surface area contributed by atoms with Crippen molar-refractivity contribution in [3.8, 4) is 11.1 Å². The zero-order valence-electron chi connectivity index (χ0n) is 27.4. The van der Waals surface area contributed by atoms with Gasteiger partial charge < -0.3 is 9.32 Å². The Bertz CT molecular complexity index is 2850. The van der Waals surface area contributed by atoms with Gasteiger partial charge in [0, 0.05) is 34.5 Å². The number of nitrogens with zero attached hydrogens (tertiary/aromatic N) is 3. The minimum Gasteiger partial charge on any atom is -0.455 e. The monoisotopic (exact) mass is 641 g/mol. The maximum absolute atomic E-state index is 6.80. The lowest BCUT2D eigenvalue weighted by molar-refractivity contribution is 0.383. The van der Waals surface area contributed by atoms with E-state index in [1.54, 1.807) is 0 Å². The van der Waals surface area contributed by atoms with Crippen LogP contribution >= 0.6 is 0 Å². The van der Waals surface area contributed by atoms with Crippen LogP contribution in [-0.2, 0) is 0 Å². The number of benzene rings is 8. The highest BCUT2D eigenvalue weighted by Crippen LogP contribution is 2.41. The fraction of sp³-hybridized carbons (Fsp3) is 0.0435. The molecule has 0 N–H and O–H groups in total. The molecule has 1 atom stereocenters. The summed E-state index contributed by atoms with van der Waals surface area (Å²) in [5.74, 6) is 1.56. The van der Waals surface area contributed by atoms with E-state index in [4.69, 9.17) is 14.4 Å². The van der Waals surface area contributed by atoms with Crippen LogP contribution < -0.4 is 0 Å². The Kier molecular flexibility index (Phi) is 6.43. The third-order valence-corrected chi connectivity index (χ3v) is 10.0. The van der Waals surface area contributed by atoms with Gasteiger partial charge in [-0.2, -0.15) is 0 Å². The molecule has 1 aliphatic rings. The van der Waals surface area contributed by atoms with Crippen molar-refractivity contribution < 1.29 is 4.42 Å². The Hall–Kier alpha value is -6.52. The quantitative estimate of drug-likeness (QED) is 0.192. The summed E-state index contributed by atoms with van der Waals surface area (Å²) in [5, 5.41) is 9.15. The van der Waals surface area contributed by atoms with Gasteiger partial charge in [-0.05, 0) is 79.8 Å². The lowest BCUT2D eigenvalue weighted by atomic mass is 9.96. The number of furan rings is 1. The van der Waals surface area contributed by atoms with E-state index in [1.807, 2.05) is 6.07 Å². The number of hydrogen-bond acceptors (Lipinski definition) is 4. The van der Waals surface area contributed by atoms with Crippen molar-refractivity contribution in [3.63, 3.8) is 0 Å². The fourth-order valence-electron chi connectivity index (χ4n) is 7.52. The smallest absolute Gasteiger partial charge is 0.160 e. The molecular weight excluding hydrogens is 611 g/mol. The lowest BCUT2D eigenvalue weighted by Gasteiger charge is -2.33. The molecular formula is C46H31N3O. The van der Waals surface area contributed by atoms with Gasteiger partial charge in [-0.3, -0.25) is 0 Å². The van der Waals surface area contributed by atoms with Gasteiger partial charge in [0.25, 0.3) is 0 Å². The molecule has 236 valence electrons. The van der Waals surface area contributed by atoms with Crippen LogP contribution in [0.2, 0.25) is 0 Å². The SMILES string of the molecule is CN1C(c2ccc3ccccc3c2)=NC(c2ccc(-c3ccccc3)c3oc4cc5ccccc5cc4c23)=NC1c1ccc2ccccc2c1. The van der Waals surface area contributed by atoms with E-state index in [0.29, 0.717) is 5.84 Å². The van der Waals surface area contributed by atoms with Gasteiger partial charge in [-0.1, -0.05) is 127 Å². The van der Waals surface area contributed by atoms with Crippen molar-refractivity contribution >= 4 is 65.9 Å². The van der Waals surface area contributed by atoms with E-state index in [-0.39, 0.29) is 6.17 Å². The van der Waals surface area contributed by atoms with E-state index in [2.05, 4.69) is 170 Å². The van der Waals surface area contributed by atoms with E-state index in [0.717, 1.165) is 61.0 Å². The van der Waals surface area contributed by atoms with E-state index in [9.17, 15) is 0 Å². The van der Waals surface area contributed by atoms with Crippen LogP contribution in [0.4, 0.5) is 0 Å². The lowest BCUT2D eigenvalue weighted by Crippen LogP contribution is -2.35. The first-order chi connectivity index (χ1) is 24.7. The molecule has 4 nitrogen and oxygen atoms in total. The van der Waals surface area contributed by atoms with E-state index < -0.39 is 0 Å². The molecule has 4 heteroatoms. The summed E-state index contributed by atoms with van der Waals surface area (Å²) in [6.45, 7) is 0. The molecule has 9 aromatic rings. The topological polar surface area (TPSA) is 41.1 Å². The predicted octanol–water partition coefficient (Wildman–Crippen LogP) is 11.6. The maximum atomic E-state index is 6.80. The van der Waals surface area contributed by atoms with Crippen molar-refractivity contribution in [3.05, 3.63) is 180 Å². The van der Waals surface area contributed by atoms with Crippen molar-refractivity contribution in [2.75, 3.05) is 7.05 Å². The molecule has 10 rings (SSSR count). The zero-order valence-corrected chi connectivity index (χ0v) is 27.4. The van der Waals surface area contributed by atoms with Gasteiger partial charge in [-0.25, -0.2) is 9.98 Å². The molecule has 1 aromatic heterocycles. The summed E-state index contributed by atoms with van der Waals surface area (Å²) in [6, 6.07) is 57.8. The first kappa shape index (κ1) is 28.5. The van der Waals surface area contributed by atoms with Crippen molar-refractivity contribution in [1.29, 1.82) is 0 Å². The van der Waals surface area contributed by atoms with Crippen molar-refractivity contribution in [1.82, 2.24) is 4.90 Å². The zero-order chi connectivity index (χ0) is 33.2. The van der Waals surface area contributed by atoms with Gasteiger partial charge in [-0.15, -0.1) is 0 Å². The Morgan fingerprint density at radius 1 is 0.520 bits per heavy atom. The summed E-state index contributed by atoms with van der Waals surface area (Å²) >= 11 is 0. The fourth-order valence-corrected chi connectivity index (χ4v) is 7.52. The highest BCUT2D eigenvalue weighted by molar-refractivity contribution is 6.24. The number of rotatable bonds is 4. The number of hydrogen-bond donors (Lipinski definition) is 0. The Labute approximate surface area is 289 Å². The van der Waals surface area contributed by atoms with Gasteiger partial charge in [0.2, 0.25) is 0 Å². The molecule has 8 aromatic carbocycles. The average molecular weight is 642 g/mol. The molecule has 50 heavy (non-hydrogen) atoms. The normalized spacial score (nSPS) is 14.9. The largest absolute Gasteiger partial charge is 0.455 e. The molecule has 0 fully saturated rings. The third kappa shape index (κ3) is 4.61. The van der Waals surface area contributed by atoms with Gasteiger partial charge in [0.05, 0.1) is 0 Å². The van der Waals surface area contributed by atoms with Crippen molar-refractivity contribution in [2.45, 2.75) is 6.17 Å². The second-order valence-corrected chi connectivity index (χ2v) is 13.1. The predicted molar refractivity (Wildman–Crippen MR) is 208 cm³/mol. The first-order valence-corrected chi connectivity index (χ1v) is 17.0. The van der Waals surface area contributed by atoms with Gasteiger partial charge >= 0.3 is 0 Å². The minimum atomic E-state index is -0.295. The van der Waals surface area contributed by atoms with Crippen LogP contribution in [0.1, 0.15) is 22.9 Å². The Balaban J connectivity index is 1.25. The third-order valence-electron chi connectivity index (χ3n) is 10.0. The van der Waals surface area contributed by atoms with Crippen LogP contribution in [-0.4, -0.2) is 23.6 Å². The van der Waals surface area contributed by atoms with Crippen LogP contribution in [0.5, 0.6) is 0 Å². The molecule has 0 spiro atoms. The highest BCUT2D eigenvalue weighted by atomic mass is 16.3. The van der Waals surface area contributed by atoms with Crippen LogP contribution in [0.15, 0.2) is 178 Å². The average Bonchev–Trinajstić information content (AvgIpc) is 3.55. The van der Waals surface area contributed by atoms with E-state index >= 15 is 0 Å². The summed E-state index contributed by atoms with van der Waals surface area (Å²) in [4.78, 5) is 13.1. The first-order valence-electron chi connectivity index (χ1n) is 17.0. The minimum absolute atomic E-state index is 0.295. The standard InChI is InChI=1S/C46H31N3O/c1-49-45(36-21-19-29-11-5-7-15-32(29)25-36)47-44(48-46(49)37-22-20-30-12-6-8-16-33(30)26-37)39-24-23-38(31-13-3-2-4-14-31)43-42(39)40-27-34-17-9-10-18-35(34)28-41(40)50-43/h2-28,45H,1H3. The molecule has 0 radical (unpaired) electrons. The van der Waals surface area contributed by atoms with Crippen LogP contribution in [0.25, 0.3) is 65.4 Å². The number of amidine groups is 2. The second-order valence-electron chi connectivity index (χ2n) is 13.1. The summed E-state index contributed by atoms with van der Waals surface area (Å²) in [5.41, 5.74) is 6.94. The maximum Gasteiger partial charge on any atom is 0.160 e. The van der Waals surface area contributed by atoms with Crippen LogP contribution in [0, 0.1) is 0 Å². The van der Waals surface area contributed by atoms with Gasteiger partial charge in [0.15, 0.2) is 12.0 Å².